The van der Waals surface area contributed by atoms with Crippen molar-refractivity contribution < 1.29 is 42.1 Å². The van der Waals surface area contributed by atoms with Crippen molar-refractivity contribution in [2.45, 2.75) is 42.9 Å². The number of halogens is 1. The fourth-order valence-corrected chi connectivity index (χ4v) is 6.31. The maximum Gasteiger partial charge on any atom is 0.386 e. The molecule has 3 fully saturated rings. The van der Waals surface area contributed by atoms with Gasteiger partial charge in [-0.25, -0.2) is 24.5 Å². The predicted molar refractivity (Wildman–Crippen MR) is 134 cm³/mol. The van der Waals surface area contributed by atoms with Gasteiger partial charge in [-0.15, -0.1) is 0 Å². The van der Waals surface area contributed by atoms with Crippen LogP contribution in [0.25, 0.3) is 22.3 Å². The fraction of sp³-hybridized carbons (Fsp3) is 0.474. The lowest BCUT2D eigenvalue weighted by molar-refractivity contribution is -0.418. The number of ether oxygens (including phenoxy) is 4. The van der Waals surface area contributed by atoms with Gasteiger partial charge < -0.3 is 35.5 Å². The third kappa shape index (κ3) is 4.20. The van der Waals surface area contributed by atoms with E-state index in [9.17, 15) is 14.5 Å². The number of H-pyrrole nitrogens is 1. The van der Waals surface area contributed by atoms with Gasteiger partial charge in [-0.3, -0.25) is 28.0 Å². The Balaban J connectivity index is 1.19. The van der Waals surface area contributed by atoms with Crippen molar-refractivity contribution in [3.63, 3.8) is 0 Å². The zero-order valence-electron chi connectivity index (χ0n) is 20.4. The summed E-state index contributed by atoms with van der Waals surface area (Å²) in [6, 6.07) is 0. The van der Waals surface area contributed by atoms with Crippen molar-refractivity contribution in [2.75, 3.05) is 24.9 Å². The number of alkyl halides is 1. The molecule has 4 aromatic heterocycles. The first-order valence-corrected chi connectivity index (χ1v) is 14.5. The first-order valence-electron chi connectivity index (χ1n) is 11.8. The molecule has 7 rings (SSSR count). The summed E-state index contributed by atoms with van der Waals surface area (Å²) in [6.45, 7) is -5.38. The normalized spacial score (nSPS) is 36.0. The van der Waals surface area contributed by atoms with Crippen LogP contribution in [0.15, 0.2) is 23.8 Å². The summed E-state index contributed by atoms with van der Waals surface area (Å²) in [7, 11) is 0. The van der Waals surface area contributed by atoms with Crippen molar-refractivity contribution in [3.05, 3.63) is 29.3 Å². The number of nitrogens with zero attached hydrogens (tertiary/aromatic N) is 7. The van der Waals surface area contributed by atoms with E-state index in [1.807, 2.05) is 0 Å². The van der Waals surface area contributed by atoms with Crippen LogP contribution in [0.5, 0.6) is 0 Å². The number of hydrogen-bond acceptors (Lipinski definition) is 16. The molecule has 0 aliphatic carbocycles. The number of nitrogen functional groups attached to an aromatic ring is 2. The molecule has 2 bridgehead atoms. The van der Waals surface area contributed by atoms with Crippen LogP contribution in [0, 0.1) is 0 Å². The molecular weight excluding hydrogens is 594 g/mol. The maximum absolute atomic E-state index is 16.2. The van der Waals surface area contributed by atoms with Gasteiger partial charge in [0.25, 0.3) is 5.56 Å². The maximum atomic E-state index is 16.2. The number of imidazole rings is 2. The second-order valence-electron chi connectivity index (χ2n) is 9.18. The highest BCUT2D eigenvalue weighted by Crippen LogP contribution is 2.58. The quantitative estimate of drug-likeness (QED) is 0.136. The summed E-state index contributed by atoms with van der Waals surface area (Å²) in [6.07, 6.45) is -4.86. The van der Waals surface area contributed by atoms with E-state index >= 15 is 4.39 Å². The molecule has 3 aliphatic heterocycles. The number of thiol groups is 1. The van der Waals surface area contributed by atoms with Gasteiger partial charge in [-0.05, 0) is 0 Å². The lowest BCUT2D eigenvalue weighted by Crippen LogP contribution is -2.65. The number of aliphatic hydroxyl groups is 1. The second-order valence-corrected chi connectivity index (χ2v) is 12.1. The van der Waals surface area contributed by atoms with E-state index in [4.69, 9.17) is 39.5 Å². The van der Waals surface area contributed by atoms with Gasteiger partial charge in [-0.1, -0.05) is 12.2 Å². The summed E-state index contributed by atoms with van der Waals surface area (Å²) in [5, 5.41) is 11.0. The van der Waals surface area contributed by atoms with E-state index in [2.05, 4.69) is 42.2 Å². The molecule has 218 valence electrons. The van der Waals surface area contributed by atoms with E-state index in [1.54, 1.807) is 0 Å². The molecule has 3 aliphatic rings. The first-order chi connectivity index (χ1) is 19.6. The number of aromatic nitrogens is 8. The van der Waals surface area contributed by atoms with Gasteiger partial charge in [-0.2, -0.15) is 9.37 Å². The third-order valence-corrected chi connectivity index (χ3v) is 8.34. The van der Waals surface area contributed by atoms with Gasteiger partial charge in [0.05, 0.1) is 12.9 Å². The van der Waals surface area contributed by atoms with E-state index in [0.29, 0.717) is 0 Å². The molecule has 7 heterocycles. The number of rotatable bonds is 2. The molecule has 41 heavy (non-hydrogen) atoms. The highest BCUT2D eigenvalue weighted by atomic mass is 32.7. The number of nitrogens with one attached hydrogen (secondary N) is 1. The Morgan fingerprint density at radius 1 is 1.17 bits per heavy atom. The molecule has 0 saturated carbocycles. The number of nitrogens with two attached hydrogens (primary N) is 2. The molecule has 6 N–H and O–H groups in total. The first kappa shape index (κ1) is 26.6. The summed E-state index contributed by atoms with van der Waals surface area (Å²) >= 11 is 4.01. The number of anilines is 2. The molecule has 0 aromatic carbocycles. The van der Waals surface area contributed by atoms with E-state index in [-0.39, 0.29) is 34.1 Å². The van der Waals surface area contributed by atoms with Gasteiger partial charge in [0.15, 0.2) is 48.0 Å². The molecule has 0 radical (unpaired) electrons. The van der Waals surface area contributed by atoms with Crippen LogP contribution in [0.2, 0.25) is 0 Å². The zero-order chi connectivity index (χ0) is 28.7. The van der Waals surface area contributed by atoms with Gasteiger partial charge in [0.1, 0.15) is 36.5 Å². The molecule has 22 heteroatoms. The van der Waals surface area contributed by atoms with Crippen molar-refractivity contribution in [1.82, 2.24) is 39.0 Å². The number of aliphatic hydroxyl groups excluding tert-OH is 1. The average Bonchev–Trinajstić information content (AvgIpc) is 3.61. The number of hydrogen-bond donors (Lipinski definition) is 5. The Bertz CT molecular complexity index is 1770. The summed E-state index contributed by atoms with van der Waals surface area (Å²) < 4.78 is 65.1. The van der Waals surface area contributed by atoms with E-state index in [1.165, 1.54) is 10.9 Å². The van der Waals surface area contributed by atoms with Crippen molar-refractivity contribution in [3.8, 4) is 0 Å². The monoisotopic (exact) mass is 614 g/mol. The van der Waals surface area contributed by atoms with Crippen LogP contribution < -0.4 is 17.0 Å². The van der Waals surface area contributed by atoms with Crippen LogP contribution in [-0.4, -0.2) is 88.3 Å². The molecule has 3 saturated heterocycles. The summed E-state index contributed by atoms with van der Waals surface area (Å²) in [5.74, 6) is -2.84. The smallest absolute Gasteiger partial charge is 0.385 e. The molecule has 8 atom stereocenters. The SMILES string of the molecule is Nc1nc2c(ncn2C2OC3OCOC4C(COP(=O)(S)OC2C3O)OC4(F)n2cnc3c(N)ncnc32)c(=O)[nH]1. The Hall–Kier alpha value is -3.27. The highest BCUT2D eigenvalue weighted by Gasteiger charge is 2.62. The Kier molecular flexibility index (Phi) is 6.09. The molecule has 0 amide bonds. The molecule has 8 unspecified atom stereocenters. The van der Waals surface area contributed by atoms with Gasteiger partial charge >= 0.3 is 12.8 Å². The summed E-state index contributed by atoms with van der Waals surface area (Å²) in [4.78, 5) is 34.5. The topological polar surface area (TPSA) is 252 Å². The lowest BCUT2D eigenvalue weighted by atomic mass is 10.1. The Morgan fingerprint density at radius 2 is 1.98 bits per heavy atom. The zero-order valence-corrected chi connectivity index (χ0v) is 22.2. The standard InChI is InChI=1S/C19H20FN10O9PS/c20-19(30-4-26-7-12(21)23-2-24-13(7)30)11-6(38-19)1-36-40(33,41)39-10-9(31)17(35-5-34-11)37-16(10)29-3-25-8-14(29)27-18(22)28-15(8)32/h2-4,6,9-11,16-17,31H,1,5H2,(H,33,41)(H2,21,23,24)(H3,22,27,28,32). The molecular formula is C19H20FN10O9PS. The van der Waals surface area contributed by atoms with Gasteiger partial charge in [0, 0.05) is 0 Å². The fourth-order valence-electron chi connectivity index (χ4n) is 4.86. The average molecular weight is 614 g/mol. The Morgan fingerprint density at radius 3 is 2.80 bits per heavy atom. The largest absolute Gasteiger partial charge is 0.386 e. The van der Waals surface area contributed by atoms with Crippen molar-refractivity contribution in [2.24, 2.45) is 0 Å². The summed E-state index contributed by atoms with van der Waals surface area (Å²) in [5.41, 5.74) is 10.9. The highest BCUT2D eigenvalue weighted by molar-refractivity contribution is 8.44. The van der Waals surface area contributed by atoms with E-state index < -0.39 is 68.7 Å². The molecule has 0 spiro atoms. The minimum Gasteiger partial charge on any atom is -0.385 e. The number of aromatic amines is 1. The van der Waals surface area contributed by atoms with Crippen molar-refractivity contribution >= 4 is 53.1 Å². The molecule has 4 aromatic rings. The number of fused-ring (bicyclic) bond motifs is 5. The van der Waals surface area contributed by atoms with E-state index in [0.717, 1.165) is 17.2 Å². The third-order valence-electron chi connectivity index (χ3n) is 6.73. The predicted octanol–water partition coefficient (Wildman–Crippen LogP) is -0.869. The second kappa shape index (κ2) is 9.37. The van der Waals surface area contributed by atoms with Crippen molar-refractivity contribution in [1.29, 1.82) is 0 Å². The Labute approximate surface area is 231 Å². The van der Waals surface area contributed by atoms with Gasteiger partial charge in [0.2, 0.25) is 5.95 Å². The van der Waals surface area contributed by atoms with Crippen LogP contribution in [-0.2, 0) is 38.5 Å². The lowest BCUT2D eigenvalue weighted by Gasteiger charge is -2.48. The van der Waals surface area contributed by atoms with Crippen LogP contribution >= 0.6 is 19.0 Å². The van der Waals surface area contributed by atoms with Crippen LogP contribution in [0.1, 0.15) is 6.23 Å². The minimum atomic E-state index is -4.28. The minimum absolute atomic E-state index is 0.0150. The van der Waals surface area contributed by atoms with Crippen LogP contribution in [0.3, 0.4) is 0 Å². The van der Waals surface area contributed by atoms with Crippen LogP contribution in [0.4, 0.5) is 16.2 Å². The molecule has 19 nitrogen and oxygen atoms in total.